The van der Waals surface area contributed by atoms with Gasteiger partial charge in [0.15, 0.2) is 0 Å². The number of rotatable bonds is 6. The minimum atomic E-state index is -0.0576. The van der Waals surface area contributed by atoms with Crippen LogP contribution in [-0.2, 0) is 13.0 Å². The molecule has 1 atom stereocenters. The zero-order valence-corrected chi connectivity index (χ0v) is 13.5. The van der Waals surface area contributed by atoms with E-state index in [-0.39, 0.29) is 11.9 Å². The van der Waals surface area contributed by atoms with Crippen molar-refractivity contribution >= 4 is 17.2 Å². The van der Waals surface area contributed by atoms with Crippen molar-refractivity contribution in [1.29, 1.82) is 0 Å². The molecule has 1 aromatic carbocycles. The minimum Gasteiger partial charge on any atom is -0.355 e. The highest BCUT2D eigenvalue weighted by atomic mass is 32.1. The maximum atomic E-state index is 11.5. The molecule has 0 aliphatic carbocycles. The van der Waals surface area contributed by atoms with Gasteiger partial charge in [0.2, 0.25) is 0 Å². The van der Waals surface area contributed by atoms with E-state index in [0.717, 1.165) is 23.5 Å². The van der Waals surface area contributed by atoms with Crippen LogP contribution in [0.25, 0.3) is 0 Å². The first-order valence-electron chi connectivity index (χ1n) is 7.13. The lowest BCUT2D eigenvalue weighted by atomic mass is 10.1. The van der Waals surface area contributed by atoms with Crippen LogP contribution in [0.3, 0.4) is 0 Å². The summed E-state index contributed by atoms with van der Waals surface area (Å²) < 4.78 is 0. The summed E-state index contributed by atoms with van der Waals surface area (Å²) in [4.78, 5) is 17.2. The first-order valence-corrected chi connectivity index (χ1v) is 7.94. The van der Waals surface area contributed by atoms with Gasteiger partial charge in [-0.1, -0.05) is 19.1 Å². The van der Waals surface area contributed by atoms with E-state index in [4.69, 9.17) is 0 Å². The van der Waals surface area contributed by atoms with E-state index in [2.05, 4.69) is 29.5 Å². The van der Waals surface area contributed by atoms with E-state index in [1.165, 1.54) is 4.88 Å². The standard InChI is InChI=1S/C16H21N3OS/c1-4-14-10-19-16(21-14)11(2)18-9-12-5-7-13(8-6-12)15(20)17-3/h5-8,10-11,18H,4,9H2,1-3H3,(H,17,20). The van der Waals surface area contributed by atoms with Gasteiger partial charge in [0.25, 0.3) is 5.91 Å². The first kappa shape index (κ1) is 15.7. The van der Waals surface area contributed by atoms with Gasteiger partial charge in [-0.05, 0) is 31.0 Å². The van der Waals surface area contributed by atoms with Gasteiger partial charge in [-0.2, -0.15) is 0 Å². The number of aromatic nitrogens is 1. The Morgan fingerprint density at radius 1 is 1.33 bits per heavy atom. The highest BCUT2D eigenvalue weighted by Crippen LogP contribution is 2.20. The second kappa shape index (κ2) is 7.33. The fourth-order valence-corrected chi connectivity index (χ4v) is 2.85. The molecule has 0 spiro atoms. The van der Waals surface area contributed by atoms with Crippen LogP contribution in [0.2, 0.25) is 0 Å². The number of amides is 1. The molecule has 1 heterocycles. The second-order valence-corrected chi connectivity index (χ2v) is 6.04. The number of nitrogens with one attached hydrogen (secondary N) is 2. The van der Waals surface area contributed by atoms with Crippen LogP contribution in [-0.4, -0.2) is 17.9 Å². The van der Waals surface area contributed by atoms with Crippen LogP contribution < -0.4 is 10.6 Å². The lowest BCUT2D eigenvalue weighted by Crippen LogP contribution is -2.19. The normalized spacial score (nSPS) is 12.1. The average Bonchev–Trinajstić information content (AvgIpc) is 3.01. The fourth-order valence-electron chi connectivity index (χ4n) is 1.96. The number of hydrogen-bond donors (Lipinski definition) is 2. The van der Waals surface area contributed by atoms with Crippen LogP contribution in [0.15, 0.2) is 30.5 Å². The van der Waals surface area contributed by atoms with Crippen LogP contribution in [0.5, 0.6) is 0 Å². The molecule has 2 rings (SSSR count). The average molecular weight is 303 g/mol. The monoisotopic (exact) mass is 303 g/mol. The van der Waals surface area contributed by atoms with Crippen molar-refractivity contribution in [2.45, 2.75) is 32.9 Å². The second-order valence-electron chi connectivity index (χ2n) is 4.90. The third-order valence-electron chi connectivity index (χ3n) is 3.35. The third kappa shape index (κ3) is 4.12. The molecule has 2 N–H and O–H groups in total. The zero-order valence-electron chi connectivity index (χ0n) is 12.6. The van der Waals surface area contributed by atoms with Gasteiger partial charge in [-0.3, -0.25) is 4.79 Å². The van der Waals surface area contributed by atoms with E-state index in [0.29, 0.717) is 5.56 Å². The van der Waals surface area contributed by atoms with E-state index >= 15 is 0 Å². The summed E-state index contributed by atoms with van der Waals surface area (Å²) >= 11 is 1.76. The number of carbonyl (C=O) groups is 1. The van der Waals surface area contributed by atoms with Crippen molar-refractivity contribution in [3.8, 4) is 0 Å². The predicted molar refractivity (Wildman–Crippen MR) is 86.6 cm³/mol. The lowest BCUT2D eigenvalue weighted by Gasteiger charge is -2.11. The molecular formula is C16H21N3OS. The Kier molecular flexibility index (Phi) is 5.47. The minimum absolute atomic E-state index is 0.0576. The number of benzene rings is 1. The van der Waals surface area contributed by atoms with Gasteiger partial charge in [-0.25, -0.2) is 4.98 Å². The van der Waals surface area contributed by atoms with Crippen molar-refractivity contribution in [1.82, 2.24) is 15.6 Å². The van der Waals surface area contributed by atoms with Crippen LogP contribution >= 0.6 is 11.3 Å². The molecule has 0 saturated carbocycles. The van der Waals surface area contributed by atoms with E-state index in [1.54, 1.807) is 18.4 Å². The Morgan fingerprint density at radius 3 is 2.62 bits per heavy atom. The summed E-state index contributed by atoms with van der Waals surface area (Å²) in [5.41, 5.74) is 1.84. The molecule has 0 aliphatic rings. The summed E-state index contributed by atoms with van der Waals surface area (Å²) in [6, 6.07) is 7.87. The Labute approximate surface area is 129 Å². The predicted octanol–water partition coefficient (Wildman–Crippen LogP) is 2.92. The maximum Gasteiger partial charge on any atom is 0.251 e. The molecule has 0 fully saturated rings. The number of aryl methyl sites for hydroxylation is 1. The molecule has 0 bridgehead atoms. The molecular weight excluding hydrogens is 282 g/mol. The van der Waals surface area contributed by atoms with Crippen molar-refractivity contribution in [2.24, 2.45) is 0 Å². The van der Waals surface area contributed by atoms with Crippen molar-refractivity contribution in [3.63, 3.8) is 0 Å². The molecule has 0 saturated heterocycles. The van der Waals surface area contributed by atoms with E-state index < -0.39 is 0 Å². The summed E-state index contributed by atoms with van der Waals surface area (Å²) in [6.45, 7) is 5.02. The smallest absolute Gasteiger partial charge is 0.251 e. The topological polar surface area (TPSA) is 54.0 Å². The van der Waals surface area contributed by atoms with Crippen LogP contribution in [0.1, 0.15) is 45.7 Å². The molecule has 1 aromatic heterocycles. The molecule has 5 heteroatoms. The van der Waals surface area contributed by atoms with Gasteiger partial charge in [0.1, 0.15) is 5.01 Å². The van der Waals surface area contributed by atoms with Crippen molar-refractivity contribution in [2.75, 3.05) is 7.05 Å². The Balaban J connectivity index is 1.91. The molecule has 0 radical (unpaired) electrons. The van der Waals surface area contributed by atoms with Gasteiger partial charge in [0.05, 0.1) is 6.04 Å². The van der Waals surface area contributed by atoms with Crippen molar-refractivity contribution in [3.05, 3.63) is 51.5 Å². The molecule has 1 amide bonds. The Morgan fingerprint density at radius 2 is 2.05 bits per heavy atom. The van der Waals surface area contributed by atoms with Gasteiger partial charge in [0, 0.05) is 30.2 Å². The molecule has 0 aliphatic heterocycles. The molecule has 21 heavy (non-hydrogen) atoms. The lowest BCUT2D eigenvalue weighted by molar-refractivity contribution is 0.0963. The van der Waals surface area contributed by atoms with Gasteiger partial charge < -0.3 is 10.6 Å². The SMILES string of the molecule is CCc1cnc(C(C)NCc2ccc(C(=O)NC)cc2)s1. The fraction of sp³-hybridized carbons (Fsp3) is 0.375. The Bertz CT molecular complexity index is 592. The largest absolute Gasteiger partial charge is 0.355 e. The quantitative estimate of drug-likeness (QED) is 0.862. The van der Waals surface area contributed by atoms with Gasteiger partial charge >= 0.3 is 0 Å². The maximum absolute atomic E-state index is 11.5. The number of carbonyl (C=O) groups excluding carboxylic acids is 1. The first-order chi connectivity index (χ1) is 10.1. The number of hydrogen-bond acceptors (Lipinski definition) is 4. The molecule has 2 aromatic rings. The highest BCUT2D eigenvalue weighted by Gasteiger charge is 2.09. The Hall–Kier alpha value is -1.72. The number of nitrogens with zero attached hydrogens (tertiary/aromatic N) is 1. The molecule has 112 valence electrons. The summed E-state index contributed by atoms with van der Waals surface area (Å²) in [5, 5.41) is 7.20. The molecule has 1 unspecified atom stereocenters. The van der Waals surface area contributed by atoms with E-state index in [1.807, 2.05) is 30.5 Å². The highest BCUT2D eigenvalue weighted by molar-refractivity contribution is 7.11. The summed E-state index contributed by atoms with van der Waals surface area (Å²) in [7, 11) is 1.64. The van der Waals surface area contributed by atoms with Gasteiger partial charge in [-0.15, -0.1) is 11.3 Å². The van der Waals surface area contributed by atoms with Crippen molar-refractivity contribution < 1.29 is 4.79 Å². The summed E-state index contributed by atoms with van der Waals surface area (Å²) in [5.74, 6) is -0.0576. The number of thiazole rings is 1. The molecule has 4 nitrogen and oxygen atoms in total. The zero-order chi connectivity index (χ0) is 15.2. The van der Waals surface area contributed by atoms with E-state index in [9.17, 15) is 4.79 Å². The van der Waals surface area contributed by atoms with Crippen LogP contribution in [0.4, 0.5) is 0 Å². The summed E-state index contributed by atoms with van der Waals surface area (Å²) in [6.07, 6.45) is 2.99. The van der Waals surface area contributed by atoms with Crippen LogP contribution in [0, 0.1) is 0 Å². The third-order valence-corrected chi connectivity index (χ3v) is 4.67.